The number of hydrogen-bond donors (Lipinski definition) is 1. The van der Waals surface area contributed by atoms with E-state index in [4.69, 9.17) is 10.5 Å². The summed E-state index contributed by atoms with van der Waals surface area (Å²) in [5, 5.41) is 0. The zero-order chi connectivity index (χ0) is 15.3. The van der Waals surface area contributed by atoms with Gasteiger partial charge in [0, 0.05) is 19.4 Å². The van der Waals surface area contributed by atoms with Gasteiger partial charge in [0.25, 0.3) is 0 Å². The molecule has 1 aromatic carbocycles. The van der Waals surface area contributed by atoms with Gasteiger partial charge in [-0.2, -0.15) is 0 Å². The number of allylic oxidation sites excluding steroid dienone is 2. The van der Waals surface area contributed by atoms with Gasteiger partial charge >= 0.3 is 5.97 Å². The van der Waals surface area contributed by atoms with Crippen LogP contribution in [0.15, 0.2) is 54.6 Å². The second-order valence-electron chi connectivity index (χ2n) is 5.15. The Hall–Kier alpha value is -1.91. The first-order chi connectivity index (χ1) is 10.1. The van der Waals surface area contributed by atoms with Gasteiger partial charge in [0.15, 0.2) is 0 Å². The van der Waals surface area contributed by atoms with Gasteiger partial charge in [0.2, 0.25) is 0 Å². The van der Waals surface area contributed by atoms with Crippen LogP contribution in [0.2, 0.25) is 0 Å². The van der Waals surface area contributed by atoms with Crippen molar-refractivity contribution in [3.05, 3.63) is 60.2 Å². The highest BCUT2D eigenvalue weighted by atomic mass is 16.5. The Morgan fingerprint density at radius 3 is 2.38 bits per heavy atom. The van der Waals surface area contributed by atoms with E-state index in [-0.39, 0.29) is 5.92 Å². The van der Waals surface area contributed by atoms with Crippen LogP contribution in [0, 0.1) is 0 Å². The van der Waals surface area contributed by atoms with Gasteiger partial charge in [-0.05, 0) is 5.56 Å². The molecule has 2 N–H and O–H groups in total. The largest absolute Gasteiger partial charge is 0.468 e. The molecule has 0 unspecified atom stereocenters. The quantitative estimate of drug-likeness (QED) is 0.666. The van der Waals surface area contributed by atoms with E-state index in [0.29, 0.717) is 6.42 Å². The number of methoxy groups -OCH3 is 2. The van der Waals surface area contributed by atoms with Crippen LogP contribution in [0.1, 0.15) is 17.9 Å². The van der Waals surface area contributed by atoms with E-state index in [2.05, 4.69) is 29.0 Å². The Morgan fingerprint density at radius 1 is 1.24 bits per heavy atom. The van der Waals surface area contributed by atoms with Crippen LogP contribution in [-0.4, -0.2) is 31.8 Å². The third-order valence-electron chi connectivity index (χ3n) is 3.78. The van der Waals surface area contributed by atoms with E-state index in [0.717, 1.165) is 0 Å². The standard InChI is InChI=1S/C17H21NO3/c1-20-16(19)15(18)12-17(21-2)10-8-14(9-11-17)13-6-4-3-5-7-13/h3-11,14-15H,12,18H2,1-2H3/t14?,15-,17?/m0/s1. The van der Waals surface area contributed by atoms with Crippen molar-refractivity contribution in [1.82, 2.24) is 0 Å². The molecule has 2 rings (SSSR count). The predicted molar refractivity (Wildman–Crippen MR) is 81.8 cm³/mol. The number of rotatable bonds is 5. The van der Waals surface area contributed by atoms with Crippen molar-refractivity contribution in [2.45, 2.75) is 24.0 Å². The fraction of sp³-hybridized carbons (Fsp3) is 0.353. The number of carbonyl (C=O) groups excluding carboxylic acids is 1. The number of hydrogen-bond acceptors (Lipinski definition) is 4. The third-order valence-corrected chi connectivity index (χ3v) is 3.78. The SMILES string of the molecule is COC(=O)[C@@H](N)CC1(OC)C=CC(c2ccccc2)C=C1. The summed E-state index contributed by atoms with van der Waals surface area (Å²) < 4.78 is 10.2. The van der Waals surface area contributed by atoms with Gasteiger partial charge < -0.3 is 15.2 Å². The molecule has 0 fully saturated rings. The summed E-state index contributed by atoms with van der Waals surface area (Å²) in [7, 11) is 2.95. The Morgan fingerprint density at radius 2 is 1.86 bits per heavy atom. The van der Waals surface area contributed by atoms with E-state index in [1.807, 2.05) is 30.4 Å². The molecular formula is C17H21NO3. The molecule has 1 aromatic rings. The zero-order valence-corrected chi connectivity index (χ0v) is 12.4. The Balaban J connectivity index is 2.11. The summed E-state index contributed by atoms with van der Waals surface area (Å²) in [4.78, 5) is 11.5. The highest BCUT2D eigenvalue weighted by molar-refractivity contribution is 5.75. The van der Waals surface area contributed by atoms with Crippen LogP contribution in [0.5, 0.6) is 0 Å². The van der Waals surface area contributed by atoms with Crippen molar-refractivity contribution >= 4 is 5.97 Å². The highest BCUT2D eigenvalue weighted by Gasteiger charge is 2.32. The van der Waals surface area contributed by atoms with Crippen LogP contribution in [0.25, 0.3) is 0 Å². The van der Waals surface area contributed by atoms with Crippen molar-refractivity contribution in [1.29, 1.82) is 0 Å². The van der Waals surface area contributed by atoms with Crippen LogP contribution < -0.4 is 5.73 Å². The first-order valence-electron chi connectivity index (χ1n) is 6.92. The van der Waals surface area contributed by atoms with Crippen LogP contribution in [0.3, 0.4) is 0 Å². The molecule has 21 heavy (non-hydrogen) atoms. The first kappa shape index (κ1) is 15.5. The number of ether oxygens (including phenoxy) is 2. The molecule has 112 valence electrons. The van der Waals surface area contributed by atoms with Crippen LogP contribution in [-0.2, 0) is 14.3 Å². The molecule has 1 atom stereocenters. The highest BCUT2D eigenvalue weighted by Crippen LogP contribution is 2.31. The van der Waals surface area contributed by atoms with E-state index >= 15 is 0 Å². The molecule has 1 aliphatic carbocycles. The summed E-state index contributed by atoms with van der Waals surface area (Å²) in [5.74, 6) is -0.220. The lowest BCUT2D eigenvalue weighted by molar-refractivity contribution is -0.143. The molecule has 0 heterocycles. The maximum atomic E-state index is 11.5. The fourth-order valence-corrected chi connectivity index (χ4v) is 2.48. The second kappa shape index (κ2) is 6.70. The normalized spacial score (nSPS) is 25.6. The molecule has 4 heteroatoms. The van der Waals surface area contributed by atoms with Crippen molar-refractivity contribution in [2.24, 2.45) is 5.73 Å². The van der Waals surface area contributed by atoms with Gasteiger partial charge in [-0.15, -0.1) is 0 Å². The molecular weight excluding hydrogens is 266 g/mol. The molecule has 0 radical (unpaired) electrons. The molecule has 0 aromatic heterocycles. The predicted octanol–water partition coefficient (Wildman–Crippen LogP) is 2.17. The smallest absolute Gasteiger partial charge is 0.322 e. The Bertz CT molecular complexity index is 522. The monoisotopic (exact) mass is 287 g/mol. The molecule has 0 amide bonds. The fourth-order valence-electron chi connectivity index (χ4n) is 2.48. The van der Waals surface area contributed by atoms with Crippen molar-refractivity contribution in [2.75, 3.05) is 14.2 Å². The number of nitrogens with two attached hydrogens (primary N) is 1. The minimum atomic E-state index is -0.711. The van der Waals surface area contributed by atoms with Gasteiger partial charge in [-0.1, -0.05) is 54.6 Å². The molecule has 0 spiro atoms. The average molecular weight is 287 g/mol. The topological polar surface area (TPSA) is 61.5 Å². The van der Waals surface area contributed by atoms with Gasteiger partial charge in [-0.25, -0.2) is 0 Å². The molecule has 4 nitrogen and oxygen atoms in total. The summed E-state index contributed by atoms with van der Waals surface area (Å²) in [6, 6.07) is 9.48. The zero-order valence-electron chi connectivity index (χ0n) is 12.4. The molecule has 0 saturated heterocycles. The first-order valence-corrected chi connectivity index (χ1v) is 6.92. The van der Waals surface area contributed by atoms with Gasteiger partial charge in [0.05, 0.1) is 7.11 Å². The number of carbonyl (C=O) groups is 1. The van der Waals surface area contributed by atoms with E-state index in [9.17, 15) is 4.79 Å². The summed E-state index contributed by atoms with van der Waals surface area (Å²) in [5.41, 5.74) is 6.40. The summed E-state index contributed by atoms with van der Waals surface area (Å²) in [6.07, 6.45) is 8.43. The van der Waals surface area contributed by atoms with Crippen LogP contribution >= 0.6 is 0 Å². The second-order valence-corrected chi connectivity index (χ2v) is 5.15. The number of esters is 1. The molecule has 0 saturated carbocycles. The maximum absolute atomic E-state index is 11.5. The lowest BCUT2D eigenvalue weighted by Crippen LogP contribution is -2.41. The molecule has 0 bridgehead atoms. The van der Waals surface area contributed by atoms with E-state index < -0.39 is 17.6 Å². The maximum Gasteiger partial charge on any atom is 0.322 e. The number of benzene rings is 1. The van der Waals surface area contributed by atoms with E-state index in [1.165, 1.54) is 12.7 Å². The lowest BCUT2D eigenvalue weighted by atomic mass is 9.85. The molecule has 0 aliphatic heterocycles. The lowest BCUT2D eigenvalue weighted by Gasteiger charge is -2.31. The minimum absolute atomic E-state index is 0.212. The van der Waals surface area contributed by atoms with Gasteiger partial charge in [-0.3, -0.25) is 4.79 Å². The van der Waals surface area contributed by atoms with E-state index in [1.54, 1.807) is 7.11 Å². The van der Waals surface area contributed by atoms with Crippen molar-refractivity contribution in [3.8, 4) is 0 Å². The summed E-state index contributed by atoms with van der Waals surface area (Å²) in [6.45, 7) is 0. The summed E-state index contributed by atoms with van der Waals surface area (Å²) >= 11 is 0. The third kappa shape index (κ3) is 3.60. The minimum Gasteiger partial charge on any atom is -0.468 e. The molecule has 1 aliphatic rings. The van der Waals surface area contributed by atoms with Crippen molar-refractivity contribution in [3.63, 3.8) is 0 Å². The van der Waals surface area contributed by atoms with Crippen LogP contribution in [0.4, 0.5) is 0 Å². The Labute approximate surface area is 125 Å². The Kier molecular flexibility index (Phi) is 4.94. The van der Waals surface area contributed by atoms with Gasteiger partial charge in [0.1, 0.15) is 11.6 Å². The van der Waals surface area contributed by atoms with Crippen molar-refractivity contribution < 1.29 is 14.3 Å². The average Bonchev–Trinajstić information content (AvgIpc) is 2.55.